The van der Waals surface area contributed by atoms with Crippen LogP contribution < -0.4 is 0 Å². The van der Waals surface area contributed by atoms with Crippen LogP contribution in [0.15, 0.2) is 52.9 Å². The maximum Gasteiger partial charge on any atom is 0.155 e. The first-order valence-corrected chi connectivity index (χ1v) is 11.8. The van der Waals surface area contributed by atoms with E-state index in [2.05, 4.69) is 21.3 Å². The maximum absolute atomic E-state index is 14.3. The highest BCUT2D eigenvalue weighted by Crippen LogP contribution is 2.36. The molecule has 4 aromatic rings. The SMILES string of the molecule is Cc1c(-c2cc(Sc3ncccc3F)c3c(C#N)cnn3c2)cnn1CC1CCC(O)CC1. The molecule has 0 aliphatic heterocycles. The predicted molar refractivity (Wildman–Crippen MR) is 122 cm³/mol. The van der Waals surface area contributed by atoms with Gasteiger partial charge in [-0.3, -0.25) is 4.68 Å². The minimum atomic E-state index is -0.411. The van der Waals surface area contributed by atoms with Crippen molar-refractivity contribution in [3.63, 3.8) is 0 Å². The van der Waals surface area contributed by atoms with Crippen molar-refractivity contribution >= 4 is 17.3 Å². The molecule has 9 heteroatoms. The van der Waals surface area contributed by atoms with Gasteiger partial charge in [0.15, 0.2) is 5.82 Å². The number of pyridine rings is 2. The largest absolute Gasteiger partial charge is 0.393 e. The fraction of sp³-hybridized carbons (Fsp3) is 0.333. The van der Waals surface area contributed by atoms with Gasteiger partial charge in [0.2, 0.25) is 0 Å². The van der Waals surface area contributed by atoms with Gasteiger partial charge in [-0.1, -0.05) is 11.8 Å². The lowest BCUT2D eigenvalue weighted by Crippen LogP contribution is -2.22. The normalized spacial score (nSPS) is 18.5. The smallest absolute Gasteiger partial charge is 0.155 e. The highest BCUT2D eigenvalue weighted by molar-refractivity contribution is 7.99. The topological polar surface area (TPSA) is 92.0 Å². The van der Waals surface area contributed by atoms with Crippen LogP contribution in [-0.2, 0) is 6.54 Å². The van der Waals surface area contributed by atoms with Crippen molar-refractivity contribution in [1.82, 2.24) is 24.4 Å². The van der Waals surface area contributed by atoms with E-state index >= 15 is 0 Å². The first kappa shape index (κ1) is 21.6. The minimum Gasteiger partial charge on any atom is -0.393 e. The summed E-state index contributed by atoms with van der Waals surface area (Å²) in [5.41, 5.74) is 3.93. The second-order valence-corrected chi connectivity index (χ2v) is 9.48. The lowest BCUT2D eigenvalue weighted by atomic mass is 9.87. The molecule has 1 fully saturated rings. The first-order chi connectivity index (χ1) is 16.0. The van der Waals surface area contributed by atoms with Crippen LogP contribution in [-0.4, -0.2) is 35.6 Å². The molecule has 0 saturated heterocycles. The van der Waals surface area contributed by atoms with Crippen LogP contribution in [0.3, 0.4) is 0 Å². The van der Waals surface area contributed by atoms with Crippen LogP contribution in [0.1, 0.15) is 36.9 Å². The number of halogens is 1. The highest BCUT2D eigenvalue weighted by atomic mass is 32.2. The number of aliphatic hydroxyl groups is 1. The molecular weight excluding hydrogens is 439 g/mol. The van der Waals surface area contributed by atoms with Gasteiger partial charge in [-0.15, -0.1) is 0 Å². The average molecular weight is 463 g/mol. The van der Waals surface area contributed by atoms with Crippen LogP contribution in [0.4, 0.5) is 4.39 Å². The minimum absolute atomic E-state index is 0.172. The summed E-state index contributed by atoms with van der Waals surface area (Å²) in [6, 6.07) is 7.04. The van der Waals surface area contributed by atoms with Crippen LogP contribution >= 0.6 is 11.8 Å². The molecule has 0 atom stereocenters. The summed E-state index contributed by atoms with van der Waals surface area (Å²) in [7, 11) is 0. The first-order valence-electron chi connectivity index (χ1n) is 10.9. The van der Waals surface area contributed by atoms with Crippen molar-refractivity contribution in [3.8, 4) is 17.2 Å². The monoisotopic (exact) mass is 462 g/mol. The lowest BCUT2D eigenvalue weighted by Gasteiger charge is -2.25. The van der Waals surface area contributed by atoms with Crippen molar-refractivity contribution in [1.29, 1.82) is 5.26 Å². The molecule has 0 aromatic carbocycles. The average Bonchev–Trinajstić information content (AvgIpc) is 3.40. The molecule has 4 aromatic heterocycles. The zero-order valence-electron chi connectivity index (χ0n) is 18.1. The fourth-order valence-electron chi connectivity index (χ4n) is 4.43. The Morgan fingerprint density at radius 2 is 2.06 bits per heavy atom. The van der Waals surface area contributed by atoms with Crippen molar-refractivity contribution < 1.29 is 9.50 Å². The quantitative estimate of drug-likeness (QED) is 0.466. The summed E-state index contributed by atoms with van der Waals surface area (Å²) in [6.07, 6.45) is 10.3. The number of hydrogen-bond donors (Lipinski definition) is 1. The van der Waals surface area contributed by atoms with Crippen molar-refractivity contribution in [2.75, 3.05) is 0 Å². The van der Waals surface area contributed by atoms with Gasteiger partial charge < -0.3 is 5.11 Å². The van der Waals surface area contributed by atoms with E-state index in [9.17, 15) is 14.8 Å². The molecule has 0 bridgehead atoms. The number of hydrogen-bond acceptors (Lipinski definition) is 6. The van der Waals surface area contributed by atoms with E-state index in [0.717, 1.165) is 49.0 Å². The number of nitrogens with zero attached hydrogens (tertiary/aromatic N) is 6. The summed E-state index contributed by atoms with van der Waals surface area (Å²) < 4.78 is 18.0. The Labute approximate surface area is 194 Å². The summed E-state index contributed by atoms with van der Waals surface area (Å²) in [4.78, 5) is 4.86. The number of fused-ring (bicyclic) bond motifs is 1. The van der Waals surface area contributed by atoms with Gasteiger partial charge in [0.05, 0.1) is 29.6 Å². The lowest BCUT2D eigenvalue weighted by molar-refractivity contribution is 0.103. The Kier molecular flexibility index (Phi) is 5.87. The van der Waals surface area contributed by atoms with E-state index in [-0.39, 0.29) is 11.1 Å². The van der Waals surface area contributed by atoms with Gasteiger partial charge in [-0.05, 0) is 56.7 Å². The van der Waals surface area contributed by atoms with Crippen LogP contribution in [0.2, 0.25) is 0 Å². The van der Waals surface area contributed by atoms with E-state index < -0.39 is 5.82 Å². The van der Waals surface area contributed by atoms with Gasteiger partial charge in [0.1, 0.15) is 11.1 Å². The number of aliphatic hydroxyl groups excluding tert-OH is 1. The number of aromatic nitrogens is 5. The molecule has 0 radical (unpaired) electrons. The van der Waals surface area contributed by atoms with Crippen LogP contribution in [0.5, 0.6) is 0 Å². The number of rotatable bonds is 5. The van der Waals surface area contributed by atoms with Crippen molar-refractivity contribution in [3.05, 3.63) is 60.1 Å². The molecule has 7 nitrogen and oxygen atoms in total. The Morgan fingerprint density at radius 1 is 1.24 bits per heavy atom. The summed E-state index contributed by atoms with van der Waals surface area (Å²) >= 11 is 1.18. The van der Waals surface area contributed by atoms with Gasteiger partial charge >= 0.3 is 0 Å². The van der Waals surface area contributed by atoms with E-state index in [1.54, 1.807) is 16.8 Å². The highest BCUT2D eigenvalue weighted by Gasteiger charge is 2.22. The predicted octanol–water partition coefficient (Wildman–Crippen LogP) is 4.61. The van der Waals surface area contributed by atoms with Gasteiger partial charge in [0.25, 0.3) is 0 Å². The Bertz CT molecular complexity index is 1350. The fourth-order valence-corrected chi connectivity index (χ4v) is 5.40. The maximum atomic E-state index is 14.3. The zero-order valence-corrected chi connectivity index (χ0v) is 19.0. The van der Waals surface area contributed by atoms with E-state index in [4.69, 9.17) is 0 Å². The molecule has 1 saturated carbocycles. The molecule has 0 amide bonds. The van der Waals surface area contributed by atoms with Crippen molar-refractivity contribution in [2.24, 2.45) is 5.92 Å². The molecule has 1 N–H and O–H groups in total. The second kappa shape index (κ2) is 8.96. The van der Waals surface area contributed by atoms with Gasteiger partial charge in [-0.2, -0.15) is 15.5 Å². The molecule has 168 valence electrons. The number of nitriles is 1. The molecular formula is C24H23FN6OS. The second-order valence-electron chi connectivity index (χ2n) is 8.45. The summed E-state index contributed by atoms with van der Waals surface area (Å²) in [6.45, 7) is 2.86. The van der Waals surface area contributed by atoms with Gasteiger partial charge in [-0.25, -0.2) is 13.9 Å². The zero-order chi connectivity index (χ0) is 22.9. The molecule has 1 aliphatic rings. The molecule has 5 rings (SSSR count). The van der Waals surface area contributed by atoms with E-state index in [0.29, 0.717) is 21.9 Å². The summed E-state index contributed by atoms with van der Waals surface area (Å²) in [5.74, 6) is 0.0931. The Hall–Kier alpha value is -3.22. The molecule has 0 unspecified atom stereocenters. The third kappa shape index (κ3) is 4.24. The molecule has 0 spiro atoms. The van der Waals surface area contributed by atoms with E-state index in [1.807, 2.05) is 30.1 Å². The molecule has 4 heterocycles. The Morgan fingerprint density at radius 3 is 2.82 bits per heavy atom. The van der Waals surface area contributed by atoms with E-state index in [1.165, 1.54) is 24.0 Å². The molecule has 1 aliphatic carbocycles. The van der Waals surface area contributed by atoms with Crippen LogP contribution in [0, 0.1) is 30.0 Å². The third-order valence-electron chi connectivity index (χ3n) is 6.29. The van der Waals surface area contributed by atoms with Gasteiger partial charge in [0, 0.05) is 40.7 Å². The van der Waals surface area contributed by atoms with Crippen LogP contribution in [0.25, 0.3) is 16.6 Å². The molecule has 33 heavy (non-hydrogen) atoms. The standard InChI is InChI=1S/C24H23FN6OS/c1-15-20(12-29-30(15)13-16-4-6-19(32)7-5-16)17-9-22(33-24-21(25)3-2-8-27-24)23-18(10-26)11-28-31(23)14-17/h2-3,8-9,11-12,14,16,19,32H,4-7,13H2,1H3. The Balaban J connectivity index is 1.52. The van der Waals surface area contributed by atoms with Crippen molar-refractivity contribution in [2.45, 2.75) is 55.2 Å². The summed E-state index contributed by atoms with van der Waals surface area (Å²) in [5, 5.41) is 28.5. The third-order valence-corrected chi connectivity index (χ3v) is 7.32.